The van der Waals surface area contributed by atoms with Gasteiger partial charge in [0.25, 0.3) is 0 Å². The standard InChI is InChI=1S/C13H17Br2NO3Si/c1-17-9-8(14)11(18-2)12(7-19-12)13(6-16,10(9)15)20(3,4)5/h7H2,1-5H3/t12-,13-/m0/s1. The number of halogens is 2. The molecule has 4 nitrogen and oxygen atoms in total. The number of methoxy groups -OCH3 is 2. The van der Waals surface area contributed by atoms with Crippen LogP contribution in [-0.4, -0.2) is 34.5 Å². The first-order valence-corrected chi connectivity index (χ1v) is 11.3. The van der Waals surface area contributed by atoms with Gasteiger partial charge < -0.3 is 14.2 Å². The maximum atomic E-state index is 10.0. The second-order valence-electron chi connectivity index (χ2n) is 5.92. The third-order valence-corrected chi connectivity index (χ3v) is 9.09. The van der Waals surface area contributed by atoms with Crippen LogP contribution in [0.25, 0.3) is 0 Å². The van der Waals surface area contributed by atoms with Crippen molar-refractivity contribution < 1.29 is 14.2 Å². The number of hydrogen-bond acceptors (Lipinski definition) is 4. The lowest BCUT2D eigenvalue weighted by atomic mass is 9.86. The number of epoxide rings is 1. The number of ether oxygens (including phenoxy) is 3. The third-order valence-electron chi connectivity index (χ3n) is 4.03. The molecule has 1 spiro atoms. The fourth-order valence-electron chi connectivity index (χ4n) is 2.99. The molecule has 2 aliphatic rings. The van der Waals surface area contributed by atoms with E-state index in [9.17, 15) is 5.26 Å². The van der Waals surface area contributed by atoms with E-state index in [0.717, 1.165) is 4.48 Å². The highest BCUT2D eigenvalue weighted by atomic mass is 79.9. The van der Waals surface area contributed by atoms with E-state index >= 15 is 0 Å². The zero-order valence-electron chi connectivity index (χ0n) is 12.1. The van der Waals surface area contributed by atoms with Crippen LogP contribution in [0, 0.1) is 11.3 Å². The summed E-state index contributed by atoms with van der Waals surface area (Å²) in [6.45, 7) is 6.94. The summed E-state index contributed by atoms with van der Waals surface area (Å²) in [4.78, 5) is 0. The number of allylic oxidation sites excluding steroid dienone is 1. The van der Waals surface area contributed by atoms with Gasteiger partial charge in [0.15, 0.2) is 5.60 Å². The van der Waals surface area contributed by atoms with Crippen molar-refractivity contribution in [1.82, 2.24) is 0 Å². The molecule has 0 N–H and O–H groups in total. The Morgan fingerprint density at radius 3 is 2.10 bits per heavy atom. The Balaban J connectivity index is 2.83. The summed E-state index contributed by atoms with van der Waals surface area (Å²) < 4.78 is 18.3. The zero-order valence-corrected chi connectivity index (χ0v) is 16.3. The van der Waals surface area contributed by atoms with Crippen molar-refractivity contribution in [2.45, 2.75) is 30.3 Å². The van der Waals surface area contributed by atoms with Gasteiger partial charge in [0.2, 0.25) is 0 Å². The second kappa shape index (κ2) is 4.87. The molecule has 0 saturated carbocycles. The van der Waals surface area contributed by atoms with Gasteiger partial charge in [-0.1, -0.05) is 35.6 Å². The van der Waals surface area contributed by atoms with Crippen LogP contribution < -0.4 is 0 Å². The molecule has 0 amide bonds. The quantitative estimate of drug-likeness (QED) is 0.511. The maximum absolute atomic E-state index is 10.0. The van der Waals surface area contributed by atoms with Crippen LogP contribution in [0.4, 0.5) is 0 Å². The third kappa shape index (κ3) is 1.71. The first-order valence-electron chi connectivity index (χ1n) is 6.17. The molecule has 2 rings (SSSR count). The topological polar surface area (TPSA) is 54.8 Å². The van der Waals surface area contributed by atoms with E-state index in [2.05, 4.69) is 57.6 Å². The molecule has 0 unspecified atom stereocenters. The molecule has 110 valence electrons. The van der Waals surface area contributed by atoms with Crippen LogP contribution in [0.15, 0.2) is 20.5 Å². The fourth-order valence-corrected chi connectivity index (χ4v) is 9.23. The van der Waals surface area contributed by atoms with Crippen molar-refractivity contribution in [3.05, 3.63) is 20.5 Å². The molecule has 2 atom stereocenters. The van der Waals surface area contributed by atoms with Crippen LogP contribution in [0.5, 0.6) is 0 Å². The lowest BCUT2D eigenvalue weighted by Crippen LogP contribution is -2.52. The van der Waals surface area contributed by atoms with Crippen molar-refractivity contribution in [3.63, 3.8) is 0 Å². The van der Waals surface area contributed by atoms with Gasteiger partial charge in [0, 0.05) is 0 Å². The van der Waals surface area contributed by atoms with E-state index in [1.54, 1.807) is 14.2 Å². The Labute approximate surface area is 137 Å². The van der Waals surface area contributed by atoms with E-state index < -0.39 is 18.7 Å². The Bertz CT molecular complexity index is 555. The summed E-state index contributed by atoms with van der Waals surface area (Å²) in [7, 11) is 1.19. The number of nitrogens with zero attached hydrogens (tertiary/aromatic N) is 1. The molecule has 0 aromatic carbocycles. The van der Waals surface area contributed by atoms with Crippen LogP contribution in [0.1, 0.15) is 0 Å². The summed E-state index contributed by atoms with van der Waals surface area (Å²) in [5.74, 6) is 1.24. The molecular formula is C13H17Br2NO3Si. The van der Waals surface area contributed by atoms with Crippen molar-refractivity contribution in [2.75, 3.05) is 20.8 Å². The minimum absolute atomic E-state index is 0.481. The summed E-state index contributed by atoms with van der Waals surface area (Å²) >= 11 is 7.13. The van der Waals surface area contributed by atoms with E-state index in [-0.39, 0.29) is 0 Å². The normalized spacial score (nSPS) is 33.3. The number of hydrogen-bond donors (Lipinski definition) is 0. The maximum Gasteiger partial charge on any atom is 0.170 e. The summed E-state index contributed by atoms with van der Waals surface area (Å²) in [5, 5.41) is 9.26. The Morgan fingerprint density at radius 2 is 1.80 bits per heavy atom. The summed E-state index contributed by atoms with van der Waals surface area (Å²) in [5.41, 5.74) is -0.708. The molecule has 1 aliphatic heterocycles. The van der Waals surface area contributed by atoms with Crippen molar-refractivity contribution in [1.29, 1.82) is 5.26 Å². The SMILES string of the molecule is COC1=C(Br)[C@](C#N)([Si](C)(C)C)[C@]2(CO2)C(OC)=C1Br. The molecule has 1 heterocycles. The van der Waals surface area contributed by atoms with E-state index in [4.69, 9.17) is 14.2 Å². The highest BCUT2D eigenvalue weighted by molar-refractivity contribution is 9.12. The first-order chi connectivity index (χ1) is 9.23. The van der Waals surface area contributed by atoms with Gasteiger partial charge in [-0.15, -0.1) is 0 Å². The molecule has 1 aliphatic carbocycles. The second-order valence-corrected chi connectivity index (χ2v) is 12.8. The molecule has 0 bridgehead atoms. The molecule has 0 radical (unpaired) electrons. The minimum Gasteiger partial charge on any atom is -0.497 e. The van der Waals surface area contributed by atoms with Gasteiger partial charge in [-0.05, 0) is 15.9 Å². The molecular weight excluding hydrogens is 406 g/mol. The molecule has 0 aromatic heterocycles. The zero-order chi connectivity index (χ0) is 15.3. The average molecular weight is 423 g/mol. The molecule has 1 fully saturated rings. The predicted octanol–water partition coefficient (Wildman–Crippen LogP) is 3.88. The summed E-state index contributed by atoms with van der Waals surface area (Å²) in [6.07, 6.45) is 0. The number of rotatable bonds is 3. The van der Waals surface area contributed by atoms with Crippen LogP contribution in [-0.2, 0) is 14.2 Å². The average Bonchev–Trinajstić information content (AvgIpc) is 3.11. The molecule has 7 heteroatoms. The number of nitriles is 1. The highest BCUT2D eigenvalue weighted by Gasteiger charge is 2.74. The molecule has 20 heavy (non-hydrogen) atoms. The fraction of sp³-hybridized carbons (Fsp3) is 0.615. The van der Waals surface area contributed by atoms with Crippen LogP contribution in [0.3, 0.4) is 0 Å². The van der Waals surface area contributed by atoms with E-state index in [0.29, 0.717) is 22.6 Å². The van der Waals surface area contributed by atoms with Crippen molar-refractivity contribution in [3.8, 4) is 6.07 Å². The summed E-state index contributed by atoms with van der Waals surface area (Å²) in [6, 6.07) is 2.53. The van der Waals surface area contributed by atoms with Gasteiger partial charge in [-0.25, -0.2) is 0 Å². The van der Waals surface area contributed by atoms with Crippen LogP contribution >= 0.6 is 31.9 Å². The van der Waals surface area contributed by atoms with Gasteiger partial charge in [-0.3, -0.25) is 0 Å². The Hall–Kier alpha value is -0.293. The first kappa shape index (κ1) is 16.1. The lowest BCUT2D eigenvalue weighted by molar-refractivity contribution is 0.171. The molecule has 1 saturated heterocycles. The Kier molecular flexibility index (Phi) is 3.92. The largest absolute Gasteiger partial charge is 0.497 e. The molecule has 0 aromatic rings. The van der Waals surface area contributed by atoms with Crippen molar-refractivity contribution >= 4 is 39.9 Å². The highest BCUT2D eigenvalue weighted by Crippen LogP contribution is 2.69. The van der Waals surface area contributed by atoms with Crippen molar-refractivity contribution in [2.24, 2.45) is 0 Å². The van der Waals surface area contributed by atoms with Gasteiger partial charge in [0.1, 0.15) is 21.0 Å². The van der Waals surface area contributed by atoms with Gasteiger partial charge in [-0.2, -0.15) is 5.26 Å². The lowest BCUT2D eigenvalue weighted by Gasteiger charge is -2.45. The monoisotopic (exact) mass is 421 g/mol. The Morgan fingerprint density at radius 1 is 1.25 bits per heavy atom. The van der Waals surface area contributed by atoms with Gasteiger partial charge >= 0.3 is 0 Å². The van der Waals surface area contributed by atoms with E-state index in [1.165, 1.54) is 0 Å². The smallest absolute Gasteiger partial charge is 0.170 e. The minimum atomic E-state index is -1.99. The van der Waals surface area contributed by atoms with Crippen LogP contribution in [0.2, 0.25) is 24.7 Å². The van der Waals surface area contributed by atoms with Gasteiger partial charge in [0.05, 0.1) is 39.5 Å². The van der Waals surface area contributed by atoms with E-state index in [1.807, 2.05) is 0 Å². The predicted molar refractivity (Wildman–Crippen MR) is 86.3 cm³/mol.